The van der Waals surface area contributed by atoms with E-state index in [2.05, 4.69) is 4.98 Å². The SMILES string of the molecule is CN(CC(C)(C)O)S(=O)(=O)c1c(N)nc2ccccn12. The molecule has 0 unspecified atom stereocenters. The summed E-state index contributed by atoms with van der Waals surface area (Å²) in [4.78, 5) is 4.03. The minimum atomic E-state index is -3.84. The van der Waals surface area contributed by atoms with Crippen molar-refractivity contribution in [1.29, 1.82) is 0 Å². The number of imidazole rings is 1. The molecule has 0 saturated carbocycles. The number of aromatic nitrogens is 2. The zero-order valence-corrected chi connectivity index (χ0v) is 12.4. The third-order valence-corrected chi connectivity index (χ3v) is 4.62. The number of likely N-dealkylation sites (N-methyl/N-ethyl adjacent to an activating group) is 1. The lowest BCUT2D eigenvalue weighted by atomic mass is 10.1. The van der Waals surface area contributed by atoms with Crippen LogP contribution in [-0.2, 0) is 10.0 Å². The molecule has 110 valence electrons. The monoisotopic (exact) mass is 298 g/mol. The third-order valence-electron chi connectivity index (χ3n) is 2.78. The molecule has 0 amide bonds. The number of nitrogen functional groups attached to an aromatic ring is 1. The molecule has 0 aliphatic heterocycles. The molecule has 0 atom stereocenters. The highest BCUT2D eigenvalue weighted by Crippen LogP contribution is 2.23. The van der Waals surface area contributed by atoms with E-state index in [1.54, 1.807) is 24.4 Å². The predicted molar refractivity (Wildman–Crippen MR) is 75.7 cm³/mol. The maximum Gasteiger partial charge on any atom is 0.262 e. The molecule has 2 aromatic rings. The summed E-state index contributed by atoms with van der Waals surface area (Å²) in [6, 6.07) is 5.12. The van der Waals surface area contributed by atoms with E-state index in [4.69, 9.17) is 5.73 Å². The molecule has 20 heavy (non-hydrogen) atoms. The fraction of sp³-hybridized carbons (Fsp3) is 0.417. The van der Waals surface area contributed by atoms with Crippen LogP contribution in [-0.4, -0.2) is 46.4 Å². The summed E-state index contributed by atoms with van der Waals surface area (Å²) in [5.74, 6) is -0.0567. The lowest BCUT2D eigenvalue weighted by Gasteiger charge is -2.24. The van der Waals surface area contributed by atoms with Gasteiger partial charge < -0.3 is 10.8 Å². The van der Waals surface area contributed by atoms with Gasteiger partial charge in [0.15, 0.2) is 10.8 Å². The molecule has 8 heteroatoms. The Labute approximate surface area is 117 Å². The molecule has 0 aromatic carbocycles. The van der Waals surface area contributed by atoms with Crippen molar-refractivity contribution >= 4 is 21.5 Å². The van der Waals surface area contributed by atoms with Crippen LogP contribution in [0.5, 0.6) is 0 Å². The van der Waals surface area contributed by atoms with Crippen LogP contribution in [0.25, 0.3) is 5.65 Å². The number of anilines is 1. The number of rotatable bonds is 4. The first kappa shape index (κ1) is 14.8. The van der Waals surface area contributed by atoms with E-state index >= 15 is 0 Å². The zero-order chi connectivity index (χ0) is 15.1. The second kappa shape index (κ2) is 4.72. The second-order valence-corrected chi connectivity index (χ2v) is 7.26. The van der Waals surface area contributed by atoms with Crippen LogP contribution >= 0.6 is 0 Å². The maximum absolute atomic E-state index is 12.6. The Hall–Kier alpha value is -1.64. The topological polar surface area (TPSA) is 101 Å². The molecule has 2 aromatic heterocycles. The largest absolute Gasteiger partial charge is 0.389 e. The number of sulfonamides is 1. The molecular weight excluding hydrogens is 280 g/mol. The summed E-state index contributed by atoms with van der Waals surface area (Å²) in [5.41, 5.74) is 5.06. The van der Waals surface area contributed by atoms with Gasteiger partial charge in [0.2, 0.25) is 0 Å². The summed E-state index contributed by atoms with van der Waals surface area (Å²) < 4.78 is 27.7. The average molecular weight is 298 g/mol. The van der Waals surface area contributed by atoms with Crippen LogP contribution < -0.4 is 5.73 Å². The molecule has 0 aliphatic carbocycles. The van der Waals surface area contributed by atoms with Gasteiger partial charge in [0, 0.05) is 19.8 Å². The minimum absolute atomic E-state index is 0.0468. The van der Waals surface area contributed by atoms with Gasteiger partial charge in [-0.05, 0) is 26.0 Å². The van der Waals surface area contributed by atoms with Gasteiger partial charge in [0.1, 0.15) is 5.65 Å². The van der Waals surface area contributed by atoms with E-state index in [0.29, 0.717) is 5.65 Å². The Balaban J connectivity index is 2.55. The van der Waals surface area contributed by atoms with Gasteiger partial charge in [0.25, 0.3) is 10.0 Å². The second-order valence-electron chi connectivity index (χ2n) is 5.30. The fourth-order valence-electron chi connectivity index (χ4n) is 2.03. The molecule has 3 N–H and O–H groups in total. The molecule has 0 saturated heterocycles. The molecule has 0 bridgehead atoms. The van der Waals surface area contributed by atoms with Crippen molar-refractivity contribution in [2.24, 2.45) is 0 Å². The molecule has 0 aliphatic rings. The van der Waals surface area contributed by atoms with E-state index in [1.807, 2.05) is 0 Å². The molecule has 7 nitrogen and oxygen atoms in total. The lowest BCUT2D eigenvalue weighted by molar-refractivity contribution is 0.0639. The number of aliphatic hydroxyl groups is 1. The highest BCUT2D eigenvalue weighted by atomic mass is 32.2. The van der Waals surface area contributed by atoms with E-state index < -0.39 is 15.6 Å². The van der Waals surface area contributed by atoms with Gasteiger partial charge in [-0.25, -0.2) is 13.4 Å². The van der Waals surface area contributed by atoms with Crippen LogP contribution in [0.3, 0.4) is 0 Å². The van der Waals surface area contributed by atoms with Crippen LogP contribution in [0.15, 0.2) is 29.4 Å². The summed E-state index contributed by atoms with van der Waals surface area (Å²) in [6.45, 7) is 3.03. The van der Waals surface area contributed by atoms with E-state index in [9.17, 15) is 13.5 Å². The lowest BCUT2D eigenvalue weighted by Crippen LogP contribution is -2.40. The smallest absolute Gasteiger partial charge is 0.262 e. The summed E-state index contributed by atoms with van der Waals surface area (Å²) in [5, 5.41) is 9.69. The van der Waals surface area contributed by atoms with Gasteiger partial charge in [-0.3, -0.25) is 4.40 Å². The van der Waals surface area contributed by atoms with Crippen molar-refractivity contribution in [2.45, 2.75) is 24.5 Å². The highest BCUT2D eigenvalue weighted by Gasteiger charge is 2.31. The van der Waals surface area contributed by atoms with Gasteiger partial charge in [0.05, 0.1) is 5.60 Å². The first-order valence-corrected chi connectivity index (χ1v) is 7.48. The van der Waals surface area contributed by atoms with Crippen molar-refractivity contribution in [3.05, 3.63) is 24.4 Å². The third kappa shape index (κ3) is 2.62. The number of fused-ring (bicyclic) bond motifs is 1. The Morgan fingerprint density at radius 1 is 1.45 bits per heavy atom. The highest BCUT2D eigenvalue weighted by molar-refractivity contribution is 7.89. The van der Waals surface area contributed by atoms with Crippen LogP contribution in [0.4, 0.5) is 5.82 Å². The Morgan fingerprint density at radius 3 is 2.70 bits per heavy atom. The van der Waals surface area contributed by atoms with Crippen molar-refractivity contribution in [1.82, 2.24) is 13.7 Å². The predicted octanol–water partition coefficient (Wildman–Crippen LogP) is 0.308. The van der Waals surface area contributed by atoms with Crippen molar-refractivity contribution < 1.29 is 13.5 Å². The summed E-state index contributed by atoms with van der Waals surface area (Å²) >= 11 is 0. The van der Waals surface area contributed by atoms with Gasteiger partial charge in [-0.2, -0.15) is 4.31 Å². The number of hydrogen-bond acceptors (Lipinski definition) is 5. The minimum Gasteiger partial charge on any atom is -0.389 e. The molecular formula is C12H18N4O3S. The van der Waals surface area contributed by atoms with Crippen LogP contribution in [0, 0.1) is 0 Å². The Kier molecular flexibility index (Phi) is 3.49. The molecule has 2 heterocycles. The maximum atomic E-state index is 12.6. The number of nitrogens with zero attached hydrogens (tertiary/aromatic N) is 3. The summed E-state index contributed by atoms with van der Waals surface area (Å²) in [6.07, 6.45) is 1.59. The van der Waals surface area contributed by atoms with Crippen LogP contribution in [0.2, 0.25) is 0 Å². The quantitative estimate of drug-likeness (QED) is 0.846. The van der Waals surface area contributed by atoms with Crippen molar-refractivity contribution in [3.63, 3.8) is 0 Å². The number of hydrogen-bond donors (Lipinski definition) is 2. The molecule has 0 radical (unpaired) electrons. The van der Waals surface area contributed by atoms with E-state index in [1.165, 1.54) is 25.3 Å². The number of pyridine rings is 1. The van der Waals surface area contributed by atoms with Crippen molar-refractivity contribution in [3.8, 4) is 0 Å². The van der Waals surface area contributed by atoms with E-state index in [0.717, 1.165) is 4.31 Å². The first-order chi connectivity index (χ1) is 9.13. The zero-order valence-electron chi connectivity index (χ0n) is 11.6. The number of nitrogens with two attached hydrogens (primary N) is 1. The average Bonchev–Trinajstić information content (AvgIpc) is 2.62. The normalized spacial score (nSPS) is 13.2. The van der Waals surface area contributed by atoms with Crippen LogP contribution in [0.1, 0.15) is 13.8 Å². The standard InChI is InChI=1S/C12H18N4O3S/c1-12(2,17)8-15(3)20(18,19)11-10(13)14-9-6-4-5-7-16(9)11/h4-7,17H,8,13H2,1-3H3. The molecule has 0 fully saturated rings. The molecule has 2 rings (SSSR count). The van der Waals surface area contributed by atoms with Gasteiger partial charge in [-0.1, -0.05) is 6.07 Å². The summed E-state index contributed by atoms with van der Waals surface area (Å²) in [7, 11) is -2.44. The Bertz CT molecular complexity index is 731. The first-order valence-electron chi connectivity index (χ1n) is 6.04. The van der Waals surface area contributed by atoms with Gasteiger partial charge in [-0.15, -0.1) is 0 Å². The fourth-order valence-corrected chi connectivity index (χ4v) is 3.52. The Morgan fingerprint density at radius 2 is 2.10 bits per heavy atom. The van der Waals surface area contributed by atoms with Gasteiger partial charge >= 0.3 is 0 Å². The van der Waals surface area contributed by atoms with E-state index in [-0.39, 0.29) is 17.4 Å². The van der Waals surface area contributed by atoms with Crippen molar-refractivity contribution in [2.75, 3.05) is 19.3 Å². The molecule has 0 spiro atoms.